The van der Waals surface area contributed by atoms with Gasteiger partial charge in [0.05, 0.1) is 6.01 Å². The second-order valence-corrected chi connectivity index (χ2v) is 1.57. The maximum Gasteiger partial charge on any atom is 0.150 e. The highest BCUT2D eigenvalue weighted by Gasteiger charge is 1.89. The maximum atomic E-state index is 3.85. The summed E-state index contributed by atoms with van der Waals surface area (Å²) >= 11 is 0. The summed E-state index contributed by atoms with van der Waals surface area (Å²) in [6.07, 6.45) is 2.10. The van der Waals surface area contributed by atoms with E-state index in [2.05, 4.69) is 16.0 Å². The first-order valence-corrected chi connectivity index (χ1v) is 2.58. The minimum absolute atomic E-state index is 0.920. The zero-order chi connectivity index (χ0) is 4.95. The van der Waals surface area contributed by atoms with Gasteiger partial charge in [0.15, 0.2) is 7.28 Å². The molecule has 0 saturated heterocycles. The van der Waals surface area contributed by atoms with Gasteiger partial charge in [-0.2, -0.15) is 0 Å². The SMILES string of the molecule is B1CCN=C=NC1. The van der Waals surface area contributed by atoms with Crippen molar-refractivity contribution in [2.24, 2.45) is 9.98 Å². The summed E-state index contributed by atoms with van der Waals surface area (Å²) in [4.78, 5) is 7.71. The summed E-state index contributed by atoms with van der Waals surface area (Å²) in [5.74, 6) is 0. The van der Waals surface area contributed by atoms with Crippen molar-refractivity contribution in [3.63, 3.8) is 0 Å². The van der Waals surface area contributed by atoms with Crippen LogP contribution in [0.25, 0.3) is 0 Å². The smallest absolute Gasteiger partial charge is 0.150 e. The molecule has 1 aliphatic heterocycles. The first kappa shape index (κ1) is 4.60. The Labute approximate surface area is 43.6 Å². The molecule has 0 saturated carbocycles. The van der Waals surface area contributed by atoms with E-state index in [0.29, 0.717) is 0 Å². The summed E-state index contributed by atoms with van der Waals surface area (Å²) in [6, 6.07) is 2.60. The van der Waals surface area contributed by atoms with Gasteiger partial charge in [-0.25, -0.2) is 9.98 Å². The molecule has 0 radical (unpaired) electrons. The van der Waals surface area contributed by atoms with Gasteiger partial charge in [-0.1, -0.05) is 6.32 Å². The highest BCUT2D eigenvalue weighted by atomic mass is 14.8. The summed E-state index contributed by atoms with van der Waals surface area (Å²) < 4.78 is 0. The highest BCUT2D eigenvalue weighted by molar-refractivity contribution is 6.36. The molecule has 0 fully saturated rings. The molecule has 0 N–H and O–H groups in total. The van der Waals surface area contributed by atoms with Crippen molar-refractivity contribution in [2.75, 3.05) is 13.0 Å². The minimum Gasteiger partial charge on any atom is -0.234 e. The van der Waals surface area contributed by atoms with Gasteiger partial charge in [-0.3, -0.25) is 0 Å². The minimum atomic E-state index is 0.920. The van der Waals surface area contributed by atoms with E-state index in [1.807, 2.05) is 0 Å². The fourth-order valence-electron chi connectivity index (χ4n) is 0.532. The second-order valence-electron chi connectivity index (χ2n) is 1.57. The average Bonchev–Trinajstić information content (AvgIpc) is 1.90. The van der Waals surface area contributed by atoms with Crippen LogP contribution in [0.15, 0.2) is 9.98 Å². The molecule has 7 heavy (non-hydrogen) atoms. The molecular formula is C4H7BN2. The highest BCUT2D eigenvalue weighted by Crippen LogP contribution is 1.82. The first-order chi connectivity index (χ1) is 3.50. The van der Waals surface area contributed by atoms with Gasteiger partial charge in [0.25, 0.3) is 0 Å². The Morgan fingerprint density at radius 1 is 1.43 bits per heavy atom. The molecule has 0 amide bonds. The van der Waals surface area contributed by atoms with Crippen LogP contribution in [0.4, 0.5) is 0 Å². The van der Waals surface area contributed by atoms with Crippen LogP contribution >= 0.6 is 0 Å². The molecule has 0 bridgehead atoms. The van der Waals surface area contributed by atoms with Crippen LogP contribution in [0.1, 0.15) is 0 Å². The van der Waals surface area contributed by atoms with Crippen molar-refractivity contribution < 1.29 is 0 Å². The van der Waals surface area contributed by atoms with Crippen molar-refractivity contribution >= 4 is 13.3 Å². The van der Waals surface area contributed by atoms with Crippen LogP contribution in [0.3, 0.4) is 0 Å². The summed E-state index contributed by atoms with van der Waals surface area (Å²) in [6.45, 7) is 0.920. The Kier molecular flexibility index (Phi) is 1.70. The van der Waals surface area contributed by atoms with E-state index in [0.717, 1.165) is 13.0 Å². The Morgan fingerprint density at radius 2 is 2.43 bits per heavy atom. The van der Waals surface area contributed by atoms with E-state index in [-0.39, 0.29) is 0 Å². The monoisotopic (exact) mass is 94.1 g/mol. The van der Waals surface area contributed by atoms with Gasteiger partial charge in [-0.05, 0) is 0 Å². The van der Waals surface area contributed by atoms with Crippen LogP contribution in [0.2, 0.25) is 6.32 Å². The van der Waals surface area contributed by atoms with Crippen LogP contribution < -0.4 is 0 Å². The summed E-state index contributed by atoms with van der Waals surface area (Å²) in [5, 5.41) is 0. The zero-order valence-corrected chi connectivity index (χ0v) is 4.22. The third kappa shape index (κ3) is 1.56. The molecule has 1 aliphatic rings. The van der Waals surface area contributed by atoms with E-state index in [9.17, 15) is 0 Å². The van der Waals surface area contributed by atoms with Crippen molar-refractivity contribution in [3.05, 3.63) is 0 Å². The lowest BCUT2D eigenvalue weighted by Crippen LogP contribution is -1.93. The molecule has 0 aromatic carbocycles. The largest absolute Gasteiger partial charge is 0.234 e. The normalized spacial score (nSPS) is 18.3. The van der Waals surface area contributed by atoms with Gasteiger partial charge in [0.1, 0.15) is 0 Å². The average molecular weight is 93.9 g/mol. The molecule has 0 aromatic rings. The van der Waals surface area contributed by atoms with Crippen molar-refractivity contribution in [2.45, 2.75) is 6.32 Å². The number of hydrogen-bond donors (Lipinski definition) is 0. The second kappa shape index (κ2) is 2.59. The van der Waals surface area contributed by atoms with E-state index in [1.165, 1.54) is 13.6 Å². The predicted octanol–water partition coefficient (Wildman–Crippen LogP) is -0.0138. The lowest BCUT2D eigenvalue weighted by Gasteiger charge is -1.80. The Bertz CT molecular complexity index is 94.3. The lowest BCUT2D eigenvalue weighted by molar-refractivity contribution is 1.13. The van der Waals surface area contributed by atoms with Gasteiger partial charge in [0, 0.05) is 13.0 Å². The van der Waals surface area contributed by atoms with Gasteiger partial charge in [0.2, 0.25) is 0 Å². The molecule has 0 atom stereocenters. The molecule has 2 nitrogen and oxygen atoms in total. The van der Waals surface area contributed by atoms with Crippen LogP contribution in [-0.4, -0.2) is 26.3 Å². The number of aliphatic imine (C=N–C) groups is 2. The maximum absolute atomic E-state index is 3.85. The van der Waals surface area contributed by atoms with E-state index in [4.69, 9.17) is 0 Å². The number of nitrogens with zero attached hydrogens (tertiary/aromatic N) is 2. The Balaban J connectivity index is 2.40. The number of rotatable bonds is 0. The van der Waals surface area contributed by atoms with Gasteiger partial charge < -0.3 is 0 Å². The van der Waals surface area contributed by atoms with Crippen LogP contribution in [0.5, 0.6) is 0 Å². The standard InChI is InChI=1S/C4H7BN2/c1-2-6-4-7-3-5-1/h5H,1-3H2. The Morgan fingerprint density at radius 3 is 3.43 bits per heavy atom. The lowest BCUT2D eigenvalue weighted by atomic mass is 9.75. The molecule has 0 spiro atoms. The third-order valence-electron chi connectivity index (χ3n) is 0.931. The van der Waals surface area contributed by atoms with Crippen molar-refractivity contribution in [1.82, 2.24) is 0 Å². The quantitative estimate of drug-likeness (QED) is 0.377. The molecular weight excluding hydrogens is 86.9 g/mol. The van der Waals surface area contributed by atoms with Crippen LogP contribution in [0, 0.1) is 0 Å². The Hall–Kier alpha value is -0.555. The zero-order valence-electron chi connectivity index (χ0n) is 4.22. The molecule has 0 aromatic heterocycles. The summed E-state index contributed by atoms with van der Waals surface area (Å²) in [7, 11) is 1.18. The number of hydrogen-bond acceptors (Lipinski definition) is 2. The van der Waals surface area contributed by atoms with E-state index in [1.54, 1.807) is 0 Å². The van der Waals surface area contributed by atoms with Crippen LogP contribution in [-0.2, 0) is 0 Å². The van der Waals surface area contributed by atoms with Gasteiger partial charge in [-0.15, -0.1) is 0 Å². The molecule has 1 rings (SSSR count). The molecule has 36 valence electrons. The van der Waals surface area contributed by atoms with Crippen molar-refractivity contribution in [1.29, 1.82) is 0 Å². The predicted molar refractivity (Wildman–Crippen MR) is 31.6 cm³/mol. The summed E-state index contributed by atoms with van der Waals surface area (Å²) in [5.41, 5.74) is 0. The topological polar surface area (TPSA) is 24.7 Å². The molecule has 0 aliphatic carbocycles. The molecule has 0 unspecified atom stereocenters. The fourth-order valence-corrected chi connectivity index (χ4v) is 0.532. The van der Waals surface area contributed by atoms with Gasteiger partial charge >= 0.3 is 0 Å². The van der Waals surface area contributed by atoms with Crippen molar-refractivity contribution in [3.8, 4) is 0 Å². The molecule has 3 heteroatoms. The van der Waals surface area contributed by atoms with E-state index >= 15 is 0 Å². The fraction of sp³-hybridized carbons (Fsp3) is 0.750. The third-order valence-corrected chi connectivity index (χ3v) is 0.931. The molecule has 1 heterocycles. The first-order valence-electron chi connectivity index (χ1n) is 2.58. The van der Waals surface area contributed by atoms with E-state index < -0.39 is 0 Å².